The normalized spacial score (nSPS) is 11.0. The van der Waals surface area contributed by atoms with Crippen LogP contribution in [0.2, 0.25) is 5.02 Å². The van der Waals surface area contributed by atoms with Crippen LogP contribution in [-0.4, -0.2) is 19.7 Å². The number of benzene rings is 1. The molecule has 0 atom stereocenters. The molecule has 2 aromatic heterocycles. The maximum absolute atomic E-state index is 11.7. The zero-order valence-corrected chi connectivity index (χ0v) is 12.8. The zero-order chi connectivity index (χ0) is 16.6. The lowest BCUT2D eigenvalue weighted by Gasteiger charge is -2.07. The van der Waals surface area contributed by atoms with Crippen LogP contribution in [0.4, 0.5) is 5.95 Å². The molecule has 0 aliphatic rings. The smallest absolute Gasteiger partial charge is 0.423 e. The first-order valence-corrected chi connectivity index (χ1v) is 7.14. The van der Waals surface area contributed by atoms with Crippen molar-refractivity contribution in [3.8, 4) is 0 Å². The largest absolute Gasteiger partial charge is 0.490 e. The summed E-state index contributed by atoms with van der Waals surface area (Å²) < 4.78 is 6.50. The Balaban J connectivity index is 2.10. The molecule has 8 nitrogen and oxygen atoms in total. The summed E-state index contributed by atoms with van der Waals surface area (Å²) >= 11 is 6.22. The molecule has 0 saturated heterocycles. The summed E-state index contributed by atoms with van der Waals surface area (Å²) in [5.74, 6) is -0.497. The first-order chi connectivity index (χ1) is 11.0. The first kappa shape index (κ1) is 15.2. The molecule has 0 aliphatic carbocycles. The molecule has 3 rings (SSSR count). The number of nitro groups is 1. The van der Waals surface area contributed by atoms with Crippen molar-refractivity contribution >= 4 is 28.5 Å². The highest BCUT2D eigenvalue weighted by Gasteiger charge is 2.15. The van der Waals surface area contributed by atoms with Crippen molar-refractivity contribution in [1.29, 1.82) is 0 Å². The van der Waals surface area contributed by atoms with E-state index in [1.54, 1.807) is 12.1 Å². The van der Waals surface area contributed by atoms with E-state index in [1.807, 2.05) is 6.92 Å². The Hall–Kier alpha value is -2.74. The molecule has 23 heavy (non-hydrogen) atoms. The van der Waals surface area contributed by atoms with Crippen molar-refractivity contribution in [3.63, 3.8) is 0 Å². The van der Waals surface area contributed by atoms with E-state index in [2.05, 4.69) is 10.1 Å². The second kappa shape index (κ2) is 5.81. The van der Waals surface area contributed by atoms with Crippen molar-refractivity contribution in [3.05, 3.63) is 61.2 Å². The van der Waals surface area contributed by atoms with Crippen molar-refractivity contribution in [2.75, 3.05) is 0 Å². The Morgan fingerprint density at radius 2 is 2.13 bits per heavy atom. The summed E-state index contributed by atoms with van der Waals surface area (Å²) in [5.41, 5.74) is 1.38. The zero-order valence-electron chi connectivity index (χ0n) is 12.0. The van der Waals surface area contributed by atoms with Crippen LogP contribution in [0.15, 0.2) is 33.7 Å². The number of nitrogens with zero attached hydrogens (tertiary/aromatic N) is 4. The van der Waals surface area contributed by atoms with E-state index in [1.165, 1.54) is 17.1 Å². The molecule has 0 bridgehead atoms. The SMILES string of the molecule is CCc1cc2oc(=O)cc(Cn3cnc([N+](=O)[O-])n3)c2cc1Cl. The highest BCUT2D eigenvalue weighted by Crippen LogP contribution is 2.26. The maximum Gasteiger partial charge on any atom is 0.490 e. The van der Waals surface area contributed by atoms with E-state index >= 15 is 0 Å². The molecule has 0 fully saturated rings. The Kier molecular flexibility index (Phi) is 3.83. The number of hydrogen-bond donors (Lipinski definition) is 0. The van der Waals surface area contributed by atoms with E-state index in [9.17, 15) is 14.9 Å². The van der Waals surface area contributed by atoms with Gasteiger partial charge in [0.25, 0.3) is 0 Å². The van der Waals surface area contributed by atoms with Gasteiger partial charge in [-0.2, -0.15) is 4.68 Å². The summed E-state index contributed by atoms with van der Waals surface area (Å²) in [5, 5.41) is 15.6. The van der Waals surface area contributed by atoms with Gasteiger partial charge in [-0.1, -0.05) is 23.5 Å². The molecular formula is C14H11ClN4O4. The highest BCUT2D eigenvalue weighted by molar-refractivity contribution is 6.32. The standard InChI is InChI=1S/C14H11ClN4O4/c1-2-8-3-12-10(5-11(8)15)9(4-13(20)23-12)6-18-7-16-14(17-18)19(21)22/h3-5,7H,2,6H2,1H3. The van der Waals surface area contributed by atoms with Crippen LogP contribution in [0, 0.1) is 10.1 Å². The third-order valence-corrected chi connectivity index (χ3v) is 3.75. The number of hydrogen-bond acceptors (Lipinski definition) is 6. The van der Waals surface area contributed by atoms with Gasteiger partial charge >= 0.3 is 11.6 Å². The molecule has 0 amide bonds. The summed E-state index contributed by atoms with van der Waals surface area (Å²) in [6.07, 6.45) is 1.94. The molecule has 0 N–H and O–H groups in total. The minimum atomic E-state index is -0.682. The summed E-state index contributed by atoms with van der Waals surface area (Å²) in [6.45, 7) is 2.09. The molecule has 9 heteroatoms. The van der Waals surface area contributed by atoms with Crippen molar-refractivity contribution in [1.82, 2.24) is 14.8 Å². The molecule has 3 aromatic rings. The number of fused-ring (bicyclic) bond motifs is 1. The van der Waals surface area contributed by atoms with Gasteiger partial charge in [-0.25, -0.2) is 4.79 Å². The fraction of sp³-hybridized carbons (Fsp3) is 0.214. The second-order valence-corrected chi connectivity index (χ2v) is 5.29. The van der Waals surface area contributed by atoms with Gasteiger partial charge in [0, 0.05) is 21.6 Å². The highest BCUT2D eigenvalue weighted by atomic mass is 35.5. The fourth-order valence-electron chi connectivity index (χ4n) is 2.31. The molecule has 118 valence electrons. The van der Waals surface area contributed by atoms with Crippen molar-refractivity contribution < 1.29 is 9.34 Å². The van der Waals surface area contributed by atoms with Crippen LogP contribution in [0.25, 0.3) is 11.0 Å². The van der Waals surface area contributed by atoms with Crippen LogP contribution in [0.5, 0.6) is 0 Å². The van der Waals surface area contributed by atoms with Gasteiger partial charge in [0.05, 0.1) is 6.54 Å². The van der Waals surface area contributed by atoms with Crippen molar-refractivity contribution in [2.45, 2.75) is 19.9 Å². The Bertz CT molecular complexity index is 963. The van der Waals surface area contributed by atoms with Crippen LogP contribution < -0.4 is 5.63 Å². The maximum atomic E-state index is 11.7. The fourth-order valence-corrected chi connectivity index (χ4v) is 2.61. The molecule has 0 unspecified atom stereocenters. The lowest BCUT2D eigenvalue weighted by Crippen LogP contribution is -2.07. The molecule has 0 spiro atoms. The van der Waals surface area contributed by atoms with E-state index < -0.39 is 16.5 Å². The van der Waals surface area contributed by atoms with Gasteiger partial charge in [-0.15, -0.1) is 0 Å². The molecule has 0 radical (unpaired) electrons. The third kappa shape index (κ3) is 2.93. The van der Waals surface area contributed by atoms with Gasteiger partial charge in [-0.3, -0.25) is 0 Å². The molecule has 0 aliphatic heterocycles. The molecule has 2 heterocycles. The predicted molar refractivity (Wildman–Crippen MR) is 82.7 cm³/mol. The average Bonchev–Trinajstić information content (AvgIpc) is 2.96. The van der Waals surface area contributed by atoms with Crippen LogP contribution in [0.1, 0.15) is 18.1 Å². The lowest BCUT2D eigenvalue weighted by molar-refractivity contribution is -0.394. The van der Waals surface area contributed by atoms with E-state index in [0.29, 0.717) is 28.0 Å². The van der Waals surface area contributed by atoms with Gasteiger partial charge in [-0.05, 0) is 34.6 Å². The minimum Gasteiger partial charge on any atom is -0.423 e. The average molecular weight is 335 g/mol. The Morgan fingerprint density at radius 1 is 1.35 bits per heavy atom. The van der Waals surface area contributed by atoms with Gasteiger partial charge in [0.15, 0.2) is 0 Å². The number of rotatable bonds is 4. The monoisotopic (exact) mass is 334 g/mol. The molecular weight excluding hydrogens is 324 g/mol. The van der Waals surface area contributed by atoms with Gasteiger partial charge < -0.3 is 14.5 Å². The van der Waals surface area contributed by atoms with E-state index in [0.717, 1.165) is 5.56 Å². The summed E-state index contributed by atoms with van der Waals surface area (Å²) in [4.78, 5) is 25.3. The predicted octanol–water partition coefficient (Wildman–Crippen LogP) is 2.56. The molecule has 0 saturated carbocycles. The van der Waals surface area contributed by atoms with Gasteiger partial charge in [0.1, 0.15) is 5.58 Å². The Labute approximate surface area is 134 Å². The minimum absolute atomic E-state index is 0.144. The number of aromatic nitrogens is 3. The summed E-state index contributed by atoms with van der Waals surface area (Å²) in [6, 6.07) is 4.77. The lowest BCUT2D eigenvalue weighted by atomic mass is 10.1. The quantitative estimate of drug-likeness (QED) is 0.412. The number of aryl methyl sites for hydroxylation is 1. The van der Waals surface area contributed by atoms with E-state index in [-0.39, 0.29) is 6.54 Å². The van der Waals surface area contributed by atoms with E-state index in [4.69, 9.17) is 16.0 Å². The van der Waals surface area contributed by atoms with Gasteiger partial charge in [0.2, 0.25) is 6.33 Å². The van der Waals surface area contributed by atoms with Crippen LogP contribution in [-0.2, 0) is 13.0 Å². The Morgan fingerprint density at radius 3 is 2.78 bits per heavy atom. The van der Waals surface area contributed by atoms with Crippen molar-refractivity contribution in [2.24, 2.45) is 0 Å². The van der Waals surface area contributed by atoms with Crippen LogP contribution >= 0.6 is 11.6 Å². The third-order valence-electron chi connectivity index (χ3n) is 3.40. The number of halogens is 1. The topological polar surface area (TPSA) is 104 Å². The second-order valence-electron chi connectivity index (χ2n) is 4.88. The first-order valence-electron chi connectivity index (χ1n) is 6.77. The molecule has 1 aromatic carbocycles. The summed E-state index contributed by atoms with van der Waals surface area (Å²) in [7, 11) is 0. The van der Waals surface area contributed by atoms with Crippen LogP contribution in [0.3, 0.4) is 0 Å².